The second-order valence-corrected chi connectivity index (χ2v) is 8.31. The number of aliphatic imine (C=N–C) groups is 1. The molecule has 4 aromatic rings. The van der Waals surface area contributed by atoms with Crippen molar-refractivity contribution in [1.29, 1.82) is 0 Å². The fraction of sp³-hybridized carbons (Fsp3) is 0.115. The van der Waals surface area contributed by atoms with Crippen molar-refractivity contribution >= 4 is 34.6 Å². The topological polar surface area (TPSA) is 85.1 Å². The Morgan fingerprint density at radius 1 is 1.12 bits per heavy atom. The molecule has 0 fully saturated rings. The van der Waals surface area contributed by atoms with Crippen molar-refractivity contribution < 1.29 is 4.79 Å². The minimum atomic E-state index is -0.287. The van der Waals surface area contributed by atoms with Crippen LogP contribution in [0.5, 0.6) is 0 Å². The molecule has 170 valence electrons. The summed E-state index contributed by atoms with van der Waals surface area (Å²) in [6.07, 6.45) is 6.44. The summed E-state index contributed by atoms with van der Waals surface area (Å²) in [6, 6.07) is 16.6. The minimum absolute atomic E-state index is 0.287. The van der Waals surface area contributed by atoms with Crippen molar-refractivity contribution in [2.24, 2.45) is 4.99 Å². The van der Waals surface area contributed by atoms with E-state index in [1.165, 1.54) is 17.2 Å². The van der Waals surface area contributed by atoms with Crippen LogP contribution in [0.4, 0.5) is 11.4 Å². The molecule has 0 spiro atoms. The summed E-state index contributed by atoms with van der Waals surface area (Å²) in [5.74, 6) is 0.284. The van der Waals surface area contributed by atoms with E-state index in [1.807, 2.05) is 57.2 Å². The number of rotatable bonds is 6. The highest BCUT2D eigenvalue weighted by Gasteiger charge is 2.12. The number of halogens is 1. The van der Waals surface area contributed by atoms with Gasteiger partial charge in [0.1, 0.15) is 12.7 Å². The molecule has 0 bridgehead atoms. The third kappa shape index (κ3) is 5.44. The number of nitrogens with one attached hydrogen (secondary N) is 1. The van der Waals surface area contributed by atoms with E-state index in [-0.39, 0.29) is 5.91 Å². The molecule has 2 aromatic heterocycles. The van der Waals surface area contributed by atoms with Crippen molar-refractivity contribution in [3.63, 3.8) is 0 Å². The molecule has 0 saturated carbocycles. The number of amides is 1. The lowest BCUT2D eigenvalue weighted by molar-refractivity contribution is 0.102. The number of allylic oxidation sites excluding steroid dienone is 2. The first-order chi connectivity index (χ1) is 16.4. The number of carbonyl (C=O) groups excluding carboxylic acids is 1. The Balaban J connectivity index is 1.62. The summed E-state index contributed by atoms with van der Waals surface area (Å²) < 4.78 is 1.52. The lowest BCUT2D eigenvalue weighted by atomic mass is 10.1. The second-order valence-electron chi connectivity index (χ2n) is 7.90. The average Bonchev–Trinajstić information content (AvgIpc) is 3.36. The van der Waals surface area contributed by atoms with E-state index >= 15 is 0 Å². The molecule has 0 aliphatic carbocycles. The van der Waals surface area contributed by atoms with Crippen molar-refractivity contribution in [2.75, 3.05) is 5.32 Å². The molecule has 0 saturated heterocycles. The molecule has 34 heavy (non-hydrogen) atoms. The SMILES string of the molecule is CC(C)=CC(=Nc1ccccc1C)c1cc(NC(=O)c2ccc(-n3cncn3)nc2)ccc1Cl. The van der Waals surface area contributed by atoms with E-state index in [0.717, 1.165) is 22.4 Å². The molecule has 7 nitrogen and oxygen atoms in total. The zero-order chi connectivity index (χ0) is 24.1. The van der Waals surface area contributed by atoms with Crippen molar-refractivity contribution in [3.8, 4) is 5.82 Å². The van der Waals surface area contributed by atoms with Crippen molar-refractivity contribution in [3.05, 3.63) is 107 Å². The molecular weight excluding hydrogens is 448 g/mol. The van der Waals surface area contributed by atoms with Crippen LogP contribution in [0.2, 0.25) is 5.02 Å². The summed E-state index contributed by atoms with van der Waals surface area (Å²) >= 11 is 6.55. The maximum Gasteiger partial charge on any atom is 0.257 e. The van der Waals surface area contributed by atoms with Crippen LogP contribution in [-0.2, 0) is 0 Å². The highest BCUT2D eigenvalue weighted by molar-refractivity contribution is 6.35. The van der Waals surface area contributed by atoms with E-state index in [1.54, 1.807) is 30.6 Å². The Labute approximate surface area is 202 Å². The minimum Gasteiger partial charge on any atom is -0.322 e. The fourth-order valence-corrected chi connectivity index (χ4v) is 3.46. The van der Waals surface area contributed by atoms with E-state index in [2.05, 4.69) is 20.4 Å². The van der Waals surface area contributed by atoms with Gasteiger partial charge in [0.2, 0.25) is 0 Å². The van der Waals surface area contributed by atoms with Gasteiger partial charge in [0.05, 0.1) is 22.0 Å². The molecule has 0 unspecified atom stereocenters. The number of para-hydroxylation sites is 1. The summed E-state index contributed by atoms with van der Waals surface area (Å²) in [5.41, 5.74) is 5.46. The van der Waals surface area contributed by atoms with Gasteiger partial charge in [-0.2, -0.15) is 5.10 Å². The standard InChI is InChI=1S/C26H23ClN6O/c1-17(2)12-24(32-23-7-5-4-6-18(23)3)21-13-20(9-10-22(21)27)31-26(34)19-8-11-25(29-14-19)33-16-28-15-30-33/h4-16H,1-3H3,(H,31,34). The largest absolute Gasteiger partial charge is 0.322 e. The normalized spacial score (nSPS) is 11.2. The van der Waals surface area contributed by atoms with Crippen LogP contribution >= 0.6 is 11.6 Å². The monoisotopic (exact) mass is 470 g/mol. The second kappa shape index (κ2) is 10.2. The smallest absolute Gasteiger partial charge is 0.257 e. The van der Waals surface area contributed by atoms with E-state index in [9.17, 15) is 4.79 Å². The Bertz CT molecular complexity index is 1370. The molecular formula is C26H23ClN6O. The maximum atomic E-state index is 12.8. The molecule has 0 aliphatic heterocycles. The molecule has 8 heteroatoms. The highest BCUT2D eigenvalue weighted by Crippen LogP contribution is 2.26. The van der Waals surface area contributed by atoms with E-state index in [4.69, 9.17) is 16.6 Å². The van der Waals surface area contributed by atoms with Gasteiger partial charge >= 0.3 is 0 Å². The fourth-order valence-electron chi connectivity index (χ4n) is 3.25. The average molecular weight is 471 g/mol. The molecule has 1 N–H and O–H groups in total. The number of anilines is 1. The molecule has 2 heterocycles. The van der Waals surface area contributed by atoms with Crippen LogP contribution in [0.15, 0.2) is 90.1 Å². The van der Waals surface area contributed by atoms with Crippen molar-refractivity contribution in [1.82, 2.24) is 19.7 Å². The first-order valence-electron chi connectivity index (χ1n) is 10.6. The van der Waals surface area contributed by atoms with Gasteiger partial charge in [-0.15, -0.1) is 0 Å². The number of nitrogens with zero attached hydrogens (tertiary/aromatic N) is 5. The summed E-state index contributed by atoms with van der Waals surface area (Å²) in [7, 11) is 0. The molecule has 2 aromatic carbocycles. The van der Waals surface area contributed by atoms with E-state index in [0.29, 0.717) is 27.8 Å². The van der Waals surface area contributed by atoms with Crippen LogP contribution in [0.1, 0.15) is 35.3 Å². The third-order valence-corrected chi connectivity index (χ3v) is 5.28. The first-order valence-corrected chi connectivity index (χ1v) is 11.0. The van der Waals surface area contributed by atoms with Gasteiger partial charge in [0.15, 0.2) is 5.82 Å². The molecule has 4 rings (SSSR count). The van der Waals surface area contributed by atoms with Gasteiger partial charge in [-0.1, -0.05) is 35.4 Å². The summed E-state index contributed by atoms with van der Waals surface area (Å²) in [5, 5.41) is 7.49. The number of carbonyl (C=O) groups is 1. The predicted molar refractivity (Wildman–Crippen MR) is 135 cm³/mol. The van der Waals surface area contributed by atoms with Gasteiger partial charge < -0.3 is 5.32 Å². The number of benzene rings is 2. The van der Waals surface area contributed by atoms with Crippen LogP contribution in [0, 0.1) is 6.92 Å². The molecule has 1 amide bonds. The quantitative estimate of drug-likeness (QED) is 0.352. The number of hydrogen-bond acceptors (Lipinski definition) is 5. The van der Waals surface area contributed by atoms with Gasteiger partial charge in [-0.05, 0) is 68.8 Å². The van der Waals surface area contributed by atoms with Crippen LogP contribution < -0.4 is 5.32 Å². The third-order valence-electron chi connectivity index (χ3n) is 4.95. The maximum absolute atomic E-state index is 12.8. The highest BCUT2D eigenvalue weighted by atomic mass is 35.5. The Morgan fingerprint density at radius 3 is 2.62 bits per heavy atom. The van der Waals surface area contributed by atoms with Gasteiger partial charge in [-0.25, -0.2) is 19.6 Å². The van der Waals surface area contributed by atoms with Gasteiger partial charge in [0.25, 0.3) is 5.91 Å². The zero-order valence-corrected chi connectivity index (χ0v) is 19.8. The van der Waals surface area contributed by atoms with Gasteiger partial charge in [0, 0.05) is 17.4 Å². The number of aryl methyl sites for hydroxylation is 1. The molecule has 0 aliphatic rings. The van der Waals surface area contributed by atoms with Crippen LogP contribution in [-0.4, -0.2) is 31.4 Å². The Hall–Kier alpha value is -4.10. The van der Waals surface area contributed by atoms with Crippen molar-refractivity contribution in [2.45, 2.75) is 20.8 Å². The summed E-state index contributed by atoms with van der Waals surface area (Å²) in [4.78, 5) is 25.9. The number of pyridine rings is 1. The lowest BCUT2D eigenvalue weighted by Crippen LogP contribution is -2.13. The van der Waals surface area contributed by atoms with Crippen LogP contribution in [0.25, 0.3) is 5.82 Å². The predicted octanol–water partition coefficient (Wildman–Crippen LogP) is 5.96. The Morgan fingerprint density at radius 2 is 1.94 bits per heavy atom. The lowest BCUT2D eigenvalue weighted by Gasteiger charge is -2.11. The van der Waals surface area contributed by atoms with E-state index < -0.39 is 0 Å². The zero-order valence-electron chi connectivity index (χ0n) is 19.0. The molecule has 0 atom stereocenters. The molecule has 0 radical (unpaired) electrons. The Kier molecular flexibility index (Phi) is 6.94. The number of hydrogen-bond donors (Lipinski definition) is 1. The summed E-state index contributed by atoms with van der Waals surface area (Å²) in [6.45, 7) is 6.02. The first kappa shape index (κ1) is 23.1. The van der Waals surface area contributed by atoms with Crippen LogP contribution in [0.3, 0.4) is 0 Å². The van der Waals surface area contributed by atoms with Gasteiger partial charge in [-0.3, -0.25) is 4.79 Å². The number of aromatic nitrogens is 4.